The molecular formula is C22H18N6O. The number of aromatic nitrogens is 3. The van der Waals surface area contributed by atoms with Crippen molar-refractivity contribution in [1.29, 1.82) is 0 Å². The summed E-state index contributed by atoms with van der Waals surface area (Å²) in [7, 11) is 0. The summed E-state index contributed by atoms with van der Waals surface area (Å²) in [5.74, 6) is 0.481. The Morgan fingerprint density at radius 3 is 2.24 bits per heavy atom. The molecule has 1 amide bonds. The first-order valence-electron chi connectivity index (χ1n) is 8.94. The van der Waals surface area contributed by atoms with Gasteiger partial charge in [-0.2, -0.15) is 0 Å². The van der Waals surface area contributed by atoms with E-state index in [1.807, 2.05) is 42.5 Å². The minimum absolute atomic E-state index is 0.191. The number of anilines is 4. The summed E-state index contributed by atoms with van der Waals surface area (Å²) in [5.41, 5.74) is 10.1. The van der Waals surface area contributed by atoms with E-state index >= 15 is 0 Å². The normalized spacial score (nSPS) is 10.3. The van der Waals surface area contributed by atoms with E-state index in [1.54, 1.807) is 36.7 Å². The summed E-state index contributed by atoms with van der Waals surface area (Å²) in [6, 6.07) is 19.8. The Labute approximate surface area is 167 Å². The van der Waals surface area contributed by atoms with Crippen molar-refractivity contribution in [3.05, 3.63) is 91.0 Å². The molecule has 2 aromatic carbocycles. The summed E-state index contributed by atoms with van der Waals surface area (Å²) in [5, 5.41) is 6.10. The standard InChI is InChI=1S/C22H18N6O/c23-17-3-1-16(2-4-17)22(29)28-19-7-5-18(6-8-19)27-21-13-20(25-14-26-21)15-9-11-24-12-10-15/h1-14H,23H2,(H,28,29)(H,25,26,27). The Morgan fingerprint density at radius 2 is 1.52 bits per heavy atom. The van der Waals surface area contributed by atoms with Crippen LogP contribution in [0.5, 0.6) is 0 Å². The highest BCUT2D eigenvalue weighted by molar-refractivity contribution is 6.04. The van der Waals surface area contributed by atoms with E-state index in [-0.39, 0.29) is 5.91 Å². The van der Waals surface area contributed by atoms with Gasteiger partial charge in [-0.15, -0.1) is 0 Å². The van der Waals surface area contributed by atoms with Crippen LogP contribution in [0.25, 0.3) is 11.3 Å². The maximum Gasteiger partial charge on any atom is 0.255 e. The van der Waals surface area contributed by atoms with Crippen molar-refractivity contribution in [2.24, 2.45) is 0 Å². The van der Waals surface area contributed by atoms with E-state index in [1.165, 1.54) is 6.33 Å². The number of pyridine rings is 1. The summed E-state index contributed by atoms with van der Waals surface area (Å²) in [6.07, 6.45) is 4.96. The maximum absolute atomic E-state index is 12.3. The number of nitrogens with one attached hydrogen (secondary N) is 2. The number of hydrogen-bond donors (Lipinski definition) is 3. The van der Waals surface area contributed by atoms with Crippen molar-refractivity contribution >= 4 is 28.8 Å². The minimum atomic E-state index is -0.191. The van der Waals surface area contributed by atoms with Gasteiger partial charge in [0.1, 0.15) is 12.1 Å². The molecule has 0 aliphatic carbocycles. The van der Waals surface area contributed by atoms with Crippen LogP contribution in [0.3, 0.4) is 0 Å². The van der Waals surface area contributed by atoms with Crippen LogP contribution in [0.15, 0.2) is 85.5 Å². The zero-order valence-electron chi connectivity index (χ0n) is 15.4. The smallest absolute Gasteiger partial charge is 0.255 e. The second kappa shape index (κ2) is 8.18. The van der Waals surface area contributed by atoms with Crippen molar-refractivity contribution in [2.45, 2.75) is 0 Å². The highest BCUT2D eigenvalue weighted by atomic mass is 16.1. The summed E-state index contributed by atoms with van der Waals surface area (Å²) >= 11 is 0. The van der Waals surface area contributed by atoms with E-state index in [2.05, 4.69) is 25.6 Å². The molecule has 29 heavy (non-hydrogen) atoms. The first-order chi connectivity index (χ1) is 14.2. The molecule has 7 nitrogen and oxygen atoms in total. The molecule has 4 rings (SSSR count). The Morgan fingerprint density at radius 1 is 0.828 bits per heavy atom. The lowest BCUT2D eigenvalue weighted by atomic mass is 10.2. The van der Waals surface area contributed by atoms with Crippen molar-refractivity contribution < 1.29 is 4.79 Å². The molecule has 4 N–H and O–H groups in total. The fourth-order valence-electron chi connectivity index (χ4n) is 2.73. The lowest BCUT2D eigenvalue weighted by molar-refractivity contribution is 0.102. The van der Waals surface area contributed by atoms with Gasteiger partial charge in [-0.1, -0.05) is 0 Å². The molecule has 0 spiro atoms. The van der Waals surface area contributed by atoms with Gasteiger partial charge in [0.25, 0.3) is 5.91 Å². The van der Waals surface area contributed by atoms with Crippen LogP contribution < -0.4 is 16.4 Å². The molecule has 0 atom stereocenters. The molecule has 0 saturated carbocycles. The van der Waals surface area contributed by atoms with Gasteiger partial charge in [0.15, 0.2) is 0 Å². The third-order valence-electron chi connectivity index (χ3n) is 4.23. The molecule has 2 aromatic heterocycles. The molecule has 0 saturated heterocycles. The van der Waals surface area contributed by atoms with Gasteiger partial charge in [-0.3, -0.25) is 9.78 Å². The van der Waals surface area contributed by atoms with Gasteiger partial charge in [0.2, 0.25) is 0 Å². The predicted octanol–water partition coefficient (Wildman–Crippen LogP) is 4.12. The molecule has 0 fully saturated rings. The molecule has 0 aliphatic rings. The molecule has 4 aromatic rings. The van der Waals surface area contributed by atoms with E-state index in [9.17, 15) is 4.79 Å². The first-order valence-corrected chi connectivity index (χ1v) is 8.94. The highest BCUT2D eigenvalue weighted by Gasteiger charge is 2.06. The molecule has 7 heteroatoms. The Balaban J connectivity index is 1.43. The van der Waals surface area contributed by atoms with Crippen molar-refractivity contribution in [3.63, 3.8) is 0 Å². The predicted molar refractivity (Wildman–Crippen MR) is 114 cm³/mol. The molecule has 2 heterocycles. The number of rotatable bonds is 5. The van der Waals surface area contributed by atoms with Crippen LogP contribution in [0, 0.1) is 0 Å². The van der Waals surface area contributed by atoms with Crippen LogP contribution in [0.2, 0.25) is 0 Å². The van der Waals surface area contributed by atoms with Gasteiger partial charge in [0.05, 0.1) is 5.69 Å². The molecule has 0 unspecified atom stereocenters. The Kier molecular flexibility index (Phi) is 5.11. The van der Waals surface area contributed by atoms with Gasteiger partial charge >= 0.3 is 0 Å². The van der Waals surface area contributed by atoms with Gasteiger partial charge in [-0.25, -0.2) is 9.97 Å². The second-order valence-corrected chi connectivity index (χ2v) is 6.30. The molecule has 0 bridgehead atoms. The van der Waals surface area contributed by atoms with E-state index < -0.39 is 0 Å². The lowest BCUT2D eigenvalue weighted by Gasteiger charge is -2.09. The minimum Gasteiger partial charge on any atom is -0.399 e. The van der Waals surface area contributed by atoms with Crippen LogP contribution in [-0.2, 0) is 0 Å². The largest absolute Gasteiger partial charge is 0.399 e. The third-order valence-corrected chi connectivity index (χ3v) is 4.23. The highest BCUT2D eigenvalue weighted by Crippen LogP contribution is 2.22. The number of benzene rings is 2. The molecular weight excluding hydrogens is 364 g/mol. The summed E-state index contributed by atoms with van der Waals surface area (Å²) in [4.78, 5) is 24.9. The number of nitrogen functional groups attached to an aromatic ring is 1. The van der Waals surface area contributed by atoms with Crippen LogP contribution in [0.4, 0.5) is 22.9 Å². The van der Waals surface area contributed by atoms with Crippen molar-refractivity contribution in [2.75, 3.05) is 16.4 Å². The molecule has 0 radical (unpaired) electrons. The number of hydrogen-bond acceptors (Lipinski definition) is 6. The monoisotopic (exact) mass is 382 g/mol. The number of carbonyl (C=O) groups is 1. The van der Waals surface area contributed by atoms with E-state index in [0.29, 0.717) is 22.8 Å². The van der Waals surface area contributed by atoms with E-state index in [4.69, 9.17) is 5.73 Å². The van der Waals surface area contributed by atoms with E-state index in [0.717, 1.165) is 16.9 Å². The summed E-state index contributed by atoms with van der Waals surface area (Å²) in [6.45, 7) is 0. The lowest BCUT2D eigenvalue weighted by Crippen LogP contribution is -2.11. The average Bonchev–Trinajstić information content (AvgIpc) is 2.76. The molecule has 0 aliphatic heterocycles. The van der Waals surface area contributed by atoms with Crippen LogP contribution in [0.1, 0.15) is 10.4 Å². The third kappa shape index (κ3) is 4.54. The number of carbonyl (C=O) groups excluding carboxylic acids is 1. The van der Waals surface area contributed by atoms with Crippen molar-refractivity contribution in [3.8, 4) is 11.3 Å². The maximum atomic E-state index is 12.3. The van der Waals surface area contributed by atoms with Gasteiger partial charge in [-0.05, 0) is 60.7 Å². The number of amides is 1. The molecule has 142 valence electrons. The second-order valence-electron chi connectivity index (χ2n) is 6.30. The average molecular weight is 382 g/mol. The zero-order chi connectivity index (χ0) is 20.1. The van der Waals surface area contributed by atoms with Gasteiger partial charge in [0, 0.05) is 46.6 Å². The zero-order valence-corrected chi connectivity index (χ0v) is 15.4. The Bertz CT molecular complexity index is 1110. The number of nitrogens with zero attached hydrogens (tertiary/aromatic N) is 3. The van der Waals surface area contributed by atoms with Crippen LogP contribution in [-0.4, -0.2) is 20.9 Å². The van der Waals surface area contributed by atoms with Gasteiger partial charge < -0.3 is 16.4 Å². The van der Waals surface area contributed by atoms with Crippen molar-refractivity contribution in [1.82, 2.24) is 15.0 Å². The summed E-state index contributed by atoms with van der Waals surface area (Å²) < 4.78 is 0. The first kappa shape index (κ1) is 18.1. The quantitative estimate of drug-likeness (QED) is 0.449. The fraction of sp³-hybridized carbons (Fsp3) is 0. The SMILES string of the molecule is Nc1ccc(C(=O)Nc2ccc(Nc3cc(-c4ccncc4)ncn3)cc2)cc1. The number of nitrogens with two attached hydrogens (primary N) is 1. The van der Waals surface area contributed by atoms with Crippen LogP contribution >= 0.6 is 0 Å². The fourth-order valence-corrected chi connectivity index (χ4v) is 2.73. The topological polar surface area (TPSA) is 106 Å². The Hall–Kier alpha value is -4.26.